The predicted molar refractivity (Wildman–Crippen MR) is 151 cm³/mol. The van der Waals surface area contributed by atoms with Crippen molar-refractivity contribution in [2.24, 2.45) is 10.7 Å². The van der Waals surface area contributed by atoms with Gasteiger partial charge in [0.1, 0.15) is 18.2 Å². The molecule has 194 valence electrons. The second-order valence-electron chi connectivity index (χ2n) is 8.79. The molecular formula is C27H30BrClN6O2. The van der Waals surface area contributed by atoms with E-state index in [4.69, 9.17) is 32.0 Å². The van der Waals surface area contributed by atoms with E-state index in [9.17, 15) is 5.11 Å². The van der Waals surface area contributed by atoms with Crippen molar-refractivity contribution in [2.75, 3.05) is 18.6 Å². The Hall–Kier alpha value is -3.01. The van der Waals surface area contributed by atoms with E-state index < -0.39 is 6.10 Å². The van der Waals surface area contributed by atoms with Crippen molar-refractivity contribution in [3.63, 3.8) is 0 Å². The van der Waals surface area contributed by atoms with Crippen molar-refractivity contribution < 1.29 is 9.84 Å². The predicted octanol–water partition coefficient (Wildman–Crippen LogP) is 5.17. The molecule has 0 radical (unpaired) electrons. The summed E-state index contributed by atoms with van der Waals surface area (Å²) in [5, 5.41) is 10.6. The number of hydrogen-bond donors (Lipinski definition) is 2. The van der Waals surface area contributed by atoms with Gasteiger partial charge in [0, 0.05) is 37.1 Å². The van der Waals surface area contributed by atoms with E-state index in [1.807, 2.05) is 19.9 Å². The van der Waals surface area contributed by atoms with Crippen LogP contribution in [0.4, 0.5) is 5.82 Å². The number of ether oxygens (including phenoxy) is 1. The number of fused-ring (bicyclic) bond motifs is 1. The highest BCUT2D eigenvalue weighted by Gasteiger charge is 2.27. The molecule has 0 spiro atoms. The lowest BCUT2D eigenvalue weighted by atomic mass is 10.1. The van der Waals surface area contributed by atoms with Crippen LogP contribution in [0.3, 0.4) is 0 Å². The van der Waals surface area contributed by atoms with E-state index in [0.29, 0.717) is 57.6 Å². The quantitative estimate of drug-likeness (QED) is 0.333. The number of hydrogen-bond acceptors (Lipinski definition) is 8. The molecule has 0 amide bonds. The van der Waals surface area contributed by atoms with Crippen LogP contribution in [0.1, 0.15) is 42.3 Å². The average Bonchev–Trinajstić information content (AvgIpc) is 3.33. The molecule has 0 saturated carbocycles. The monoisotopic (exact) mass is 584 g/mol. The molecule has 1 atom stereocenters. The van der Waals surface area contributed by atoms with Gasteiger partial charge < -0.3 is 20.5 Å². The number of benzene rings is 1. The van der Waals surface area contributed by atoms with Crippen molar-refractivity contribution in [2.45, 2.75) is 45.9 Å². The lowest BCUT2D eigenvalue weighted by molar-refractivity contribution is 0.0994. The third kappa shape index (κ3) is 5.95. The average molecular weight is 586 g/mol. The molecular weight excluding hydrogens is 556 g/mol. The highest BCUT2D eigenvalue weighted by molar-refractivity contribution is 9.12. The minimum absolute atomic E-state index is 0.195. The van der Waals surface area contributed by atoms with Gasteiger partial charge in [-0.25, -0.2) is 9.97 Å². The van der Waals surface area contributed by atoms with E-state index in [-0.39, 0.29) is 6.61 Å². The van der Waals surface area contributed by atoms with Gasteiger partial charge in [-0.3, -0.25) is 9.98 Å². The lowest BCUT2D eigenvalue weighted by Gasteiger charge is -2.22. The number of nitrogens with zero attached hydrogens (tertiary/aromatic N) is 5. The van der Waals surface area contributed by atoms with Gasteiger partial charge in [-0.1, -0.05) is 31.0 Å². The van der Waals surface area contributed by atoms with E-state index in [1.165, 1.54) is 6.20 Å². The van der Waals surface area contributed by atoms with Crippen LogP contribution < -0.4 is 15.4 Å². The summed E-state index contributed by atoms with van der Waals surface area (Å²) in [4.78, 5) is 21.0. The van der Waals surface area contributed by atoms with Gasteiger partial charge in [0.2, 0.25) is 0 Å². The molecule has 1 aromatic carbocycles. The molecule has 37 heavy (non-hydrogen) atoms. The normalized spacial score (nSPS) is 14.6. The number of aliphatic imine (C=N–C) groups is 1. The summed E-state index contributed by atoms with van der Waals surface area (Å²) in [6, 6.07) is 9.35. The van der Waals surface area contributed by atoms with Gasteiger partial charge in [0.25, 0.3) is 0 Å². The molecule has 3 N–H and O–H groups in total. The lowest BCUT2D eigenvalue weighted by Crippen LogP contribution is -2.21. The summed E-state index contributed by atoms with van der Waals surface area (Å²) in [5.41, 5.74) is 10.7. The minimum atomic E-state index is -0.535. The zero-order chi connectivity index (χ0) is 26.5. The Bertz CT molecular complexity index is 1320. The van der Waals surface area contributed by atoms with Crippen LogP contribution in [0.25, 0.3) is 11.4 Å². The molecule has 3 heterocycles. The number of pyridine rings is 1. The van der Waals surface area contributed by atoms with Crippen molar-refractivity contribution in [1.29, 1.82) is 0 Å². The smallest absolute Gasteiger partial charge is 0.163 e. The summed E-state index contributed by atoms with van der Waals surface area (Å²) >= 11 is 10.2. The first-order chi connectivity index (χ1) is 17.9. The number of aliphatic hydroxyl groups excluding tert-OH is 1. The maximum atomic E-state index is 10.1. The first kappa shape index (κ1) is 27.0. The summed E-state index contributed by atoms with van der Waals surface area (Å²) in [7, 11) is 1.69. The van der Waals surface area contributed by atoms with Crippen molar-refractivity contribution in [3.05, 3.63) is 74.7 Å². The number of nitrogens with two attached hydrogens (primary N) is 1. The van der Waals surface area contributed by atoms with E-state index in [0.717, 1.165) is 29.1 Å². The fourth-order valence-corrected chi connectivity index (χ4v) is 4.86. The molecule has 0 aliphatic carbocycles. The Morgan fingerprint density at radius 2 is 2.14 bits per heavy atom. The van der Waals surface area contributed by atoms with Crippen LogP contribution in [0.2, 0.25) is 5.02 Å². The maximum Gasteiger partial charge on any atom is 0.163 e. The Kier molecular flexibility index (Phi) is 8.79. The van der Waals surface area contributed by atoms with Gasteiger partial charge in [-0.15, -0.1) is 0 Å². The van der Waals surface area contributed by atoms with Crippen molar-refractivity contribution in [3.8, 4) is 17.1 Å². The van der Waals surface area contributed by atoms with Gasteiger partial charge in [0.05, 0.1) is 39.3 Å². The highest BCUT2D eigenvalue weighted by atomic mass is 79.9. The first-order valence-corrected chi connectivity index (χ1v) is 13.2. The van der Waals surface area contributed by atoms with Crippen molar-refractivity contribution in [1.82, 2.24) is 15.0 Å². The van der Waals surface area contributed by atoms with Crippen LogP contribution in [0, 0.1) is 6.92 Å². The van der Waals surface area contributed by atoms with Crippen LogP contribution in [-0.2, 0) is 13.1 Å². The molecule has 3 aromatic rings. The molecule has 1 aliphatic heterocycles. The van der Waals surface area contributed by atoms with Crippen molar-refractivity contribution >= 4 is 39.1 Å². The minimum Gasteiger partial charge on any atom is -0.491 e. The Morgan fingerprint density at radius 3 is 2.84 bits per heavy atom. The largest absolute Gasteiger partial charge is 0.491 e. The van der Waals surface area contributed by atoms with E-state index in [1.54, 1.807) is 31.4 Å². The maximum absolute atomic E-state index is 10.1. The third-order valence-corrected chi connectivity index (χ3v) is 7.14. The van der Waals surface area contributed by atoms with Gasteiger partial charge in [0.15, 0.2) is 5.82 Å². The van der Waals surface area contributed by atoms with Crippen LogP contribution in [-0.4, -0.2) is 45.5 Å². The summed E-state index contributed by atoms with van der Waals surface area (Å²) < 4.78 is 6.47. The highest BCUT2D eigenvalue weighted by Crippen LogP contribution is 2.35. The third-order valence-electron chi connectivity index (χ3n) is 6.17. The molecule has 0 saturated heterocycles. The van der Waals surface area contributed by atoms with Gasteiger partial charge in [-0.05, 0) is 59.1 Å². The van der Waals surface area contributed by atoms with Crippen LogP contribution in [0.5, 0.6) is 5.75 Å². The Labute approximate surface area is 230 Å². The summed E-state index contributed by atoms with van der Waals surface area (Å²) in [6.07, 6.45) is 4.27. The second-order valence-corrected chi connectivity index (χ2v) is 10.1. The number of anilines is 1. The molecule has 0 bridgehead atoms. The number of allylic oxidation sites excluding steroid dienone is 1. The first-order valence-electron chi connectivity index (χ1n) is 12.1. The number of aromatic nitrogens is 3. The molecule has 10 heteroatoms. The topological polar surface area (TPSA) is 110 Å². The summed E-state index contributed by atoms with van der Waals surface area (Å²) in [5.74, 6) is 1.77. The second kappa shape index (κ2) is 12.0. The van der Waals surface area contributed by atoms with Crippen LogP contribution >= 0.6 is 27.5 Å². The summed E-state index contributed by atoms with van der Waals surface area (Å²) in [6.45, 7) is 5.50. The molecule has 4 rings (SSSR count). The number of rotatable bonds is 9. The zero-order valence-electron chi connectivity index (χ0n) is 21.1. The standard InChI is InChI=1S/C27H30BrClN6O2/c1-4-6-18(36)15-37-19-8-9-22(29)20(11-19)26-33-24(25(31-3)21(28)12-30)16(2)27(34-26)35-13-17-7-5-10-32-23(17)14-35/h5,7-12,18,36H,4,6,13-15,30H2,1-3H3/t18-/m1/s1. The van der Waals surface area contributed by atoms with Gasteiger partial charge in [-0.2, -0.15) is 0 Å². The van der Waals surface area contributed by atoms with E-state index in [2.05, 4.69) is 36.9 Å². The Balaban J connectivity index is 1.81. The zero-order valence-corrected chi connectivity index (χ0v) is 23.4. The Morgan fingerprint density at radius 1 is 1.32 bits per heavy atom. The number of aliphatic hydroxyl groups is 1. The van der Waals surface area contributed by atoms with E-state index >= 15 is 0 Å². The van der Waals surface area contributed by atoms with Crippen LogP contribution in [0.15, 0.2) is 52.2 Å². The SMILES string of the molecule is CCC[C@@H](O)COc1ccc(Cl)c(-c2nc(C(=NC)C(Br)=CN)c(C)c(N3Cc4cccnc4C3)n2)c1. The fourth-order valence-electron chi connectivity index (χ4n) is 4.29. The molecule has 8 nitrogen and oxygen atoms in total. The molecule has 2 aromatic heterocycles. The molecule has 0 fully saturated rings. The van der Waals surface area contributed by atoms with Gasteiger partial charge >= 0.3 is 0 Å². The fraction of sp³-hybridized carbons (Fsp3) is 0.333. The molecule has 0 unspecified atom stereocenters. The number of halogens is 2. The molecule has 1 aliphatic rings.